The van der Waals surface area contributed by atoms with Crippen molar-refractivity contribution in [3.63, 3.8) is 0 Å². The quantitative estimate of drug-likeness (QED) is 0.732. The number of para-hydroxylation sites is 2. The molecule has 0 aliphatic heterocycles. The second kappa shape index (κ2) is 7.02. The standard InChI is InChI=1S/C17H19N5O2S/c1-3-13(2)14-8-10-15(11-9-14)25(23,24)19-16-6-4-5-7-17(16)22-12-18-20-21-22/h4-13,19H,3H2,1-2H3/t13-/m0/s1. The van der Waals surface area contributed by atoms with E-state index in [0.29, 0.717) is 17.3 Å². The Hall–Kier alpha value is -2.74. The van der Waals surface area contributed by atoms with Crippen molar-refractivity contribution in [3.8, 4) is 5.69 Å². The van der Waals surface area contributed by atoms with Crippen molar-refractivity contribution in [1.82, 2.24) is 20.2 Å². The van der Waals surface area contributed by atoms with Crippen LogP contribution < -0.4 is 4.72 Å². The minimum Gasteiger partial charge on any atom is -0.277 e. The summed E-state index contributed by atoms with van der Waals surface area (Å²) < 4.78 is 29.4. The predicted octanol–water partition coefficient (Wildman–Crippen LogP) is 2.98. The fraction of sp³-hybridized carbons (Fsp3) is 0.235. The van der Waals surface area contributed by atoms with E-state index in [9.17, 15) is 8.42 Å². The number of rotatable bonds is 6. The number of nitrogens with zero attached hydrogens (tertiary/aromatic N) is 4. The molecular weight excluding hydrogens is 338 g/mol. The fourth-order valence-electron chi connectivity index (χ4n) is 2.45. The average molecular weight is 357 g/mol. The molecule has 3 rings (SSSR count). The molecule has 0 saturated heterocycles. The molecule has 8 heteroatoms. The number of hydrogen-bond acceptors (Lipinski definition) is 5. The van der Waals surface area contributed by atoms with Crippen molar-refractivity contribution < 1.29 is 8.42 Å². The van der Waals surface area contributed by atoms with Crippen molar-refractivity contribution in [2.45, 2.75) is 31.1 Å². The Morgan fingerprint density at radius 2 is 1.84 bits per heavy atom. The summed E-state index contributed by atoms with van der Waals surface area (Å²) in [5.41, 5.74) is 2.07. The van der Waals surface area contributed by atoms with Crippen molar-refractivity contribution in [2.24, 2.45) is 0 Å². The smallest absolute Gasteiger partial charge is 0.261 e. The lowest BCUT2D eigenvalue weighted by Crippen LogP contribution is -2.15. The van der Waals surface area contributed by atoms with Crippen LogP contribution in [0.15, 0.2) is 59.8 Å². The van der Waals surface area contributed by atoms with Crippen LogP contribution in [-0.4, -0.2) is 28.6 Å². The molecule has 0 amide bonds. The zero-order valence-corrected chi connectivity index (χ0v) is 14.8. The Labute approximate surface area is 146 Å². The number of tetrazole rings is 1. The molecule has 7 nitrogen and oxygen atoms in total. The largest absolute Gasteiger partial charge is 0.277 e. The summed E-state index contributed by atoms with van der Waals surface area (Å²) in [5, 5.41) is 11.0. The number of aromatic nitrogens is 4. The van der Waals surface area contributed by atoms with Crippen LogP contribution in [0.3, 0.4) is 0 Å². The molecule has 1 atom stereocenters. The summed E-state index contributed by atoms with van der Waals surface area (Å²) in [6.45, 7) is 4.22. The van der Waals surface area contributed by atoms with Gasteiger partial charge in [-0.05, 0) is 52.6 Å². The van der Waals surface area contributed by atoms with Crippen molar-refractivity contribution in [3.05, 3.63) is 60.4 Å². The van der Waals surface area contributed by atoms with Gasteiger partial charge in [0.1, 0.15) is 6.33 Å². The molecule has 130 valence electrons. The molecule has 2 aromatic carbocycles. The Morgan fingerprint density at radius 3 is 2.48 bits per heavy atom. The van der Waals surface area contributed by atoms with E-state index in [2.05, 4.69) is 34.1 Å². The SMILES string of the molecule is CC[C@H](C)c1ccc(S(=O)(=O)Nc2ccccc2-n2cnnn2)cc1. The van der Waals surface area contributed by atoms with Crippen LogP contribution in [-0.2, 0) is 10.0 Å². The molecular formula is C17H19N5O2S. The monoisotopic (exact) mass is 357 g/mol. The van der Waals surface area contributed by atoms with Crippen LogP contribution in [0.1, 0.15) is 31.7 Å². The van der Waals surface area contributed by atoms with Crippen LogP contribution in [0.2, 0.25) is 0 Å². The van der Waals surface area contributed by atoms with Crippen LogP contribution in [0.5, 0.6) is 0 Å². The van der Waals surface area contributed by atoms with E-state index in [1.165, 1.54) is 11.0 Å². The van der Waals surface area contributed by atoms with Crippen LogP contribution in [0.4, 0.5) is 5.69 Å². The lowest BCUT2D eigenvalue weighted by Gasteiger charge is -2.13. The molecule has 0 fully saturated rings. The topological polar surface area (TPSA) is 89.8 Å². The van der Waals surface area contributed by atoms with Gasteiger partial charge in [0.15, 0.2) is 0 Å². The summed E-state index contributed by atoms with van der Waals surface area (Å²) in [6.07, 6.45) is 2.41. The zero-order valence-electron chi connectivity index (χ0n) is 14.0. The van der Waals surface area contributed by atoms with Gasteiger partial charge in [0.2, 0.25) is 0 Å². The maximum absolute atomic E-state index is 12.7. The Bertz CT molecular complexity index is 937. The summed E-state index contributed by atoms with van der Waals surface area (Å²) in [7, 11) is -3.71. The normalized spacial score (nSPS) is 12.7. The van der Waals surface area contributed by atoms with Gasteiger partial charge in [-0.3, -0.25) is 4.72 Å². The Morgan fingerprint density at radius 1 is 1.12 bits per heavy atom. The molecule has 0 bridgehead atoms. The highest BCUT2D eigenvalue weighted by atomic mass is 32.2. The van der Waals surface area contributed by atoms with Gasteiger partial charge in [-0.1, -0.05) is 38.1 Å². The summed E-state index contributed by atoms with van der Waals surface area (Å²) >= 11 is 0. The summed E-state index contributed by atoms with van der Waals surface area (Å²) in [5.74, 6) is 0.394. The van der Waals surface area contributed by atoms with E-state index in [0.717, 1.165) is 12.0 Å². The van der Waals surface area contributed by atoms with Crippen molar-refractivity contribution in [2.75, 3.05) is 4.72 Å². The molecule has 1 aromatic heterocycles. The first-order valence-corrected chi connectivity index (χ1v) is 9.44. The lowest BCUT2D eigenvalue weighted by atomic mass is 9.99. The van der Waals surface area contributed by atoms with Crippen LogP contribution in [0, 0.1) is 0 Å². The van der Waals surface area contributed by atoms with Gasteiger partial charge in [-0.2, -0.15) is 4.68 Å². The van der Waals surface area contributed by atoms with E-state index < -0.39 is 10.0 Å². The van der Waals surface area contributed by atoms with Gasteiger partial charge in [0.25, 0.3) is 10.0 Å². The van der Waals surface area contributed by atoms with Gasteiger partial charge in [0.05, 0.1) is 16.3 Å². The first-order valence-electron chi connectivity index (χ1n) is 7.96. The molecule has 3 aromatic rings. The van der Waals surface area contributed by atoms with E-state index in [1.807, 2.05) is 12.1 Å². The first kappa shape index (κ1) is 17.1. The van der Waals surface area contributed by atoms with E-state index in [-0.39, 0.29) is 4.90 Å². The Balaban J connectivity index is 1.90. The van der Waals surface area contributed by atoms with Gasteiger partial charge in [-0.15, -0.1) is 5.10 Å². The minimum absolute atomic E-state index is 0.214. The molecule has 1 heterocycles. The van der Waals surface area contributed by atoms with Gasteiger partial charge < -0.3 is 0 Å². The number of sulfonamides is 1. The highest BCUT2D eigenvalue weighted by Gasteiger charge is 2.17. The second-order valence-corrected chi connectivity index (χ2v) is 7.44. The third-order valence-corrected chi connectivity index (χ3v) is 5.50. The van der Waals surface area contributed by atoms with Crippen LogP contribution >= 0.6 is 0 Å². The van der Waals surface area contributed by atoms with Gasteiger partial charge in [-0.25, -0.2) is 8.42 Å². The number of benzene rings is 2. The molecule has 0 saturated carbocycles. The third kappa shape index (κ3) is 3.69. The zero-order chi connectivity index (χ0) is 17.9. The first-order chi connectivity index (χ1) is 12.0. The molecule has 0 radical (unpaired) electrons. The molecule has 0 aliphatic carbocycles. The number of anilines is 1. The molecule has 0 aliphatic rings. The van der Waals surface area contributed by atoms with E-state index in [4.69, 9.17) is 0 Å². The second-order valence-electron chi connectivity index (χ2n) is 5.76. The molecule has 1 N–H and O–H groups in total. The maximum Gasteiger partial charge on any atom is 0.261 e. The third-order valence-electron chi connectivity index (χ3n) is 4.12. The predicted molar refractivity (Wildman–Crippen MR) is 95.1 cm³/mol. The molecule has 0 unspecified atom stereocenters. The Kier molecular flexibility index (Phi) is 4.80. The van der Waals surface area contributed by atoms with E-state index >= 15 is 0 Å². The maximum atomic E-state index is 12.7. The highest BCUT2D eigenvalue weighted by Crippen LogP contribution is 2.24. The van der Waals surface area contributed by atoms with E-state index in [1.54, 1.807) is 36.4 Å². The number of nitrogens with one attached hydrogen (secondary N) is 1. The summed E-state index contributed by atoms with van der Waals surface area (Å²) in [6, 6.07) is 13.9. The van der Waals surface area contributed by atoms with Crippen molar-refractivity contribution in [1.29, 1.82) is 0 Å². The molecule has 25 heavy (non-hydrogen) atoms. The van der Waals surface area contributed by atoms with Crippen LogP contribution in [0.25, 0.3) is 5.69 Å². The average Bonchev–Trinajstić information content (AvgIpc) is 3.16. The molecule has 0 spiro atoms. The van der Waals surface area contributed by atoms with Gasteiger partial charge in [0, 0.05) is 0 Å². The number of hydrogen-bond donors (Lipinski definition) is 1. The van der Waals surface area contributed by atoms with Crippen molar-refractivity contribution >= 4 is 15.7 Å². The lowest BCUT2D eigenvalue weighted by molar-refractivity contribution is 0.601. The fourth-order valence-corrected chi connectivity index (χ4v) is 3.52. The highest BCUT2D eigenvalue weighted by molar-refractivity contribution is 7.92. The minimum atomic E-state index is -3.71. The van der Waals surface area contributed by atoms with Gasteiger partial charge >= 0.3 is 0 Å². The summed E-state index contributed by atoms with van der Waals surface area (Å²) in [4.78, 5) is 0.214.